The van der Waals surface area contributed by atoms with Crippen molar-refractivity contribution in [1.29, 1.82) is 0 Å². The van der Waals surface area contributed by atoms with Crippen molar-refractivity contribution >= 4 is 11.0 Å². The van der Waals surface area contributed by atoms with E-state index < -0.39 is 0 Å². The summed E-state index contributed by atoms with van der Waals surface area (Å²) < 4.78 is 0. The lowest BCUT2D eigenvalue weighted by molar-refractivity contribution is 0.668. The van der Waals surface area contributed by atoms with Crippen LogP contribution in [0.5, 0.6) is 0 Å². The average molecular weight is 379 g/mol. The molecule has 2 heterocycles. The van der Waals surface area contributed by atoms with Gasteiger partial charge in [-0.3, -0.25) is 4.98 Å². The second-order valence-corrected chi connectivity index (χ2v) is 6.92. The Morgan fingerprint density at radius 3 is 2.68 bits per heavy atom. The number of hydrogen-bond donors (Lipinski definition) is 4. The summed E-state index contributed by atoms with van der Waals surface area (Å²) in [4.78, 5) is 12.1. The number of para-hydroxylation sites is 2. The van der Waals surface area contributed by atoms with E-state index in [9.17, 15) is 0 Å². The predicted molar refractivity (Wildman–Crippen MR) is 115 cm³/mol. The zero-order chi connectivity index (χ0) is 19.6. The van der Waals surface area contributed by atoms with E-state index in [2.05, 4.69) is 26.3 Å². The molecule has 6 N–H and O–H groups in total. The Kier molecular flexibility index (Phi) is 7.72. The third-order valence-electron chi connectivity index (χ3n) is 4.88. The molecule has 0 atom stereocenters. The summed E-state index contributed by atoms with van der Waals surface area (Å²) in [5, 5.41) is 3.28. The fourth-order valence-electron chi connectivity index (χ4n) is 3.28. The van der Waals surface area contributed by atoms with Gasteiger partial charge >= 0.3 is 0 Å². The fraction of sp³-hybridized carbons (Fsp3) is 0.364. The van der Waals surface area contributed by atoms with E-state index >= 15 is 0 Å². The molecule has 1 aliphatic carbocycles. The minimum Gasteiger partial charge on any atom is -0.341 e. The van der Waals surface area contributed by atoms with Crippen LogP contribution in [0.3, 0.4) is 0 Å². The molecule has 0 fully saturated rings. The van der Waals surface area contributed by atoms with Crippen LogP contribution >= 0.6 is 0 Å². The zero-order valence-electron chi connectivity index (χ0n) is 16.3. The number of aromatic nitrogens is 3. The molecule has 0 bridgehead atoms. The lowest BCUT2D eigenvalue weighted by atomic mass is 9.96. The van der Waals surface area contributed by atoms with Crippen LogP contribution in [0, 0.1) is 0 Å². The SMILES string of the molecule is NCC(=CCNCc1nc2ccccc2[nH]1)CN.c1cnc2c(c1)CCCC2. The molecule has 6 heteroatoms. The van der Waals surface area contributed by atoms with E-state index in [1.807, 2.05) is 42.6 Å². The molecule has 0 unspecified atom stereocenters. The Bertz CT molecular complexity index is 835. The molecule has 3 aromatic rings. The normalized spacial score (nSPS) is 12.8. The Morgan fingerprint density at radius 1 is 1.07 bits per heavy atom. The Balaban J connectivity index is 0.000000188. The number of nitrogens with zero attached hydrogens (tertiary/aromatic N) is 2. The minimum atomic E-state index is 0.517. The van der Waals surface area contributed by atoms with Gasteiger partial charge in [0.05, 0.1) is 17.6 Å². The van der Waals surface area contributed by atoms with Gasteiger partial charge in [-0.25, -0.2) is 4.98 Å². The van der Waals surface area contributed by atoms with Crippen LogP contribution in [-0.4, -0.2) is 34.6 Å². The van der Waals surface area contributed by atoms with E-state index in [1.54, 1.807) is 0 Å². The number of hydrogen-bond acceptors (Lipinski definition) is 5. The number of H-pyrrole nitrogens is 1. The second kappa shape index (κ2) is 10.7. The molecule has 148 valence electrons. The van der Waals surface area contributed by atoms with Crippen LogP contribution in [0.2, 0.25) is 0 Å². The highest BCUT2D eigenvalue weighted by atomic mass is 15.0. The molecule has 0 saturated heterocycles. The summed E-state index contributed by atoms with van der Waals surface area (Å²) >= 11 is 0. The largest absolute Gasteiger partial charge is 0.341 e. The van der Waals surface area contributed by atoms with E-state index in [0.29, 0.717) is 19.6 Å². The molecular formula is C22H30N6. The van der Waals surface area contributed by atoms with Crippen LogP contribution in [0.15, 0.2) is 54.2 Å². The van der Waals surface area contributed by atoms with Crippen LogP contribution in [0.1, 0.15) is 29.9 Å². The van der Waals surface area contributed by atoms with E-state index in [1.165, 1.54) is 36.9 Å². The average Bonchev–Trinajstić information content (AvgIpc) is 3.17. The second-order valence-electron chi connectivity index (χ2n) is 6.92. The molecule has 0 saturated carbocycles. The fourth-order valence-corrected chi connectivity index (χ4v) is 3.28. The van der Waals surface area contributed by atoms with E-state index in [4.69, 9.17) is 11.5 Å². The summed E-state index contributed by atoms with van der Waals surface area (Å²) in [6.07, 6.45) is 9.02. The van der Waals surface area contributed by atoms with Crippen LogP contribution in [0.4, 0.5) is 0 Å². The molecular weight excluding hydrogens is 348 g/mol. The van der Waals surface area contributed by atoms with Crippen molar-refractivity contribution in [2.45, 2.75) is 32.2 Å². The van der Waals surface area contributed by atoms with Crippen LogP contribution in [-0.2, 0) is 19.4 Å². The number of nitrogens with one attached hydrogen (secondary N) is 2. The standard InChI is InChI=1S/C13H19N5.C9H11N/c14-7-10(8-15)5-6-16-9-13-17-11-3-1-2-4-12(11)18-13;1-2-6-9-8(4-1)5-3-7-10-9/h1-5,16H,6-9,14-15H2,(H,17,18);3,5,7H,1-2,4,6H2. The Hall–Kier alpha value is -2.54. The van der Waals surface area contributed by atoms with Crippen molar-refractivity contribution in [2.24, 2.45) is 11.5 Å². The number of fused-ring (bicyclic) bond motifs is 2. The van der Waals surface area contributed by atoms with Crippen molar-refractivity contribution < 1.29 is 0 Å². The van der Waals surface area contributed by atoms with Crippen LogP contribution < -0.4 is 16.8 Å². The number of benzene rings is 1. The van der Waals surface area contributed by atoms with Gasteiger partial charge in [0.15, 0.2) is 0 Å². The quantitative estimate of drug-likeness (QED) is 0.389. The molecule has 0 spiro atoms. The van der Waals surface area contributed by atoms with Gasteiger partial charge in [-0.05, 0) is 55.0 Å². The summed E-state index contributed by atoms with van der Waals surface area (Å²) in [5.41, 5.74) is 17.0. The third kappa shape index (κ3) is 5.73. The van der Waals surface area contributed by atoms with Crippen molar-refractivity contribution in [3.8, 4) is 0 Å². The van der Waals surface area contributed by atoms with Gasteiger partial charge in [0.1, 0.15) is 5.82 Å². The van der Waals surface area contributed by atoms with Gasteiger partial charge in [0, 0.05) is 31.5 Å². The highest BCUT2D eigenvalue weighted by Crippen LogP contribution is 2.17. The van der Waals surface area contributed by atoms with Gasteiger partial charge in [-0.15, -0.1) is 0 Å². The summed E-state index contributed by atoms with van der Waals surface area (Å²) in [6.45, 7) is 2.49. The number of aryl methyl sites for hydroxylation is 2. The first kappa shape index (κ1) is 20.2. The summed E-state index contributed by atoms with van der Waals surface area (Å²) in [7, 11) is 0. The van der Waals surface area contributed by atoms with Crippen molar-refractivity contribution in [3.05, 3.63) is 71.3 Å². The van der Waals surface area contributed by atoms with Gasteiger partial charge in [0.25, 0.3) is 0 Å². The maximum Gasteiger partial charge on any atom is 0.121 e. The van der Waals surface area contributed by atoms with Crippen molar-refractivity contribution in [2.75, 3.05) is 19.6 Å². The summed E-state index contributed by atoms with van der Waals surface area (Å²) in [6, 6.07) is 12.2. The van der Waals surface area contributed by atoms with Crippen LogP contribution in [0.25, 0.3) is 11.0 Å². The maximum absolute atomic E-state index is 5.53. The lowest BCUT2D eigenvalue weighted by Crippen LogP contribution is -2.18. The first-order valence-electron chi connectivity index (χ1n) is 9.95. The smallest absolute Gasteiger partial charge is 0.121 e. The molecule has 0 radical (unpaired) electrons. The van der Waals surface area contributed by atoms with E-state index in [0.717, 1.165) is 29.0 Å². The first-order valence-corrected chi connectivity index (χ1v) is 9.95. The lowest BCUT2D eigenvalue weighted by Gasteiger charge is -2.12. The highest BCUT2D eigenvalue weighted by molar-refractivity contribution is 5.74. The Labute approximate surface area is 166 Å². The topological polar surface area (TPSA) is 106 Å². The number of imidazole rings is 1. The van der Waals surface area contributed by atoms with Gasteiger partial charge in [0.2, 0.25) is 0 Å². The maximum atomic E-state index is 5.53. The van der Waals surface area contributed by atoms with Crippen molar-refractivity contribution in [3.63, 3.8) is 0 Å². The van der Waals surface area contributed by atoms with E-state index in [-0.39, 0.29) is 0 Å². The monoisotopic (exact) mass is 378 g/mol. The van der Waals surface area contributed by atoms with Gasteiger partial charge < -0.3 is 21.8 Å². The number of rotatable bonds is 6. The molecule has 1 aliphatic rings. The third-order valence-corrected chi connectivity index (χ3v) is 4.88. The molecule has 0 aliphatic heterocycles. The highest BCUT2D eigenvalue weighted by Gasteiger charge is 2.07. The number of nitrogens with two attached hydrogens (primary N) is 2. The van der Waals surface area contributed by atoms with Gasteiger partial charge in [-0.1, -0.05) is 24.3 Å². The van der Waals surface area contributed by atoms with Gasteiger partial charge in [-0.2, -0.15) is 0 Å². The molecule has 2 aromatic heterocycles. The molecule has 4 rings (SSSR count). The van der Waals surface area contributed by atoms with Crippen molar-refractivity contribution in [1.82, 2.24) is 20.3 Å². The number of aromatic amines is 1. The summed E-state index contributed by atoms with van der Waals surface area (Å²) in [5.74, 6) is 0.937. The molecule has 0 amide bonds. The molecule has 1 aromatic carbocycles. The minimum absolute atomic E-state index is 0.517. The predicted octanol–water partition coefficient (Wildman–Crippen LogP) is 2.46. The molecule has 6 nitrogen and oxygen atoms in total. The Morgan fingerprint density at radius 2 is 1.89 bits per heavy atom. The first-order chi connectivity index (χ1) is 13.8. The zero-order valence-corrected chi connectivity index (χ0v) is 16.3. The molecule has 28 heavy (non-hydrogen) atoms. The number of pyridine rings is 1.